The van der Waals surface area contributed by atoms with Crippen LogP contribution in [0, 0.1) is 5.92 Å². The number of alkyl carbamates (subject to hydrolysis) is 1. The summed E-state index contributed by atoms with van der Waals surface area (Å²) in [4.78, 5) is 66.7. The molecule has 2 aromatic rings. The standard InChI is InChI=1S/C29H40F3N7O7/c1-15(2)11-20(39-27(44)46-28(3,4)5)24(42)36-14-22(40)38-19(7-6-10-35-26(33)34)25(43)37-16-8-9-17-18(29(30,31)32)13-23(41)45-21(17)12-16/h8-9,12-13,15,19-20H,6-7,10-11,14H2,1-5H3,(H,36,42)(H,37,43)(H,38,40)(H,39,44)(H4,33,34,35). The Morgan fingerprint density at radius 3 is 2.26 bits per heavy atom. The van der Waals surface area contributed by atoms with Crippen LogP contribution in [0.4, 0.5) is 23.7 Å². The average Bonchev–Trinajstić information content (AvgIpc) is 2.90. The van der Waals surface area contributed by atoms with Crippen LogP contribution < -0.4 is 38.4 Å². The van der Waals surface area contributed by atoms with E-state index in [1.807, 2.05) is 13.8 Å². The predicted octanol–water partition coefficient (Wildman–Crippen LogP) is 2.34. The number of nitrogens with one attached hydrogen (secondary N) is 4. The molecule has 0 aliphatic carbocycles. The topological polar surface area (TPSA) is 220 Å². The highest BCUT2D eigenvalue weighted by Crippen LogP contribution is 2.34. The van der Waals surface area contributed by atoms with E-state index < -0.39 is 71.0 Å². The highest BCUT2D eigenvalue weighted by molar-refractivity contribution is 5.99. The normalized spacial score (nSPS) is 13.0. The maximum atomic E-state index is 13.4. The number of benzene rings is 1. The van der Waals surface area contributed by atoms with Crippen molar-refractivity contribution in [2.24, 2.45) is 22.4 Å². The van der Waals surface area contributed by atoms with Crippen LogP contribution in [0.2, 0.25) is 0 Å². The van der Waals surface area contributed by atoms with Crippen molar-refractivity contribution in [2.75, 3.05) is 18.4 Å². The van der Waals surface area contributed by atoms with Crippen LogP contribution in [0.5, 0.6) is 0 Å². The lowest BCUT2D eigenvalue weighted by Gasteiger charge is -2.24. The van der Waals surface area contributed by atoms with Gasteiger partial charge in [0.05, 0.1) is 12.1 Å². The number of anilines is 1. The van der Waals surface area contributed by atoms with E-state index >= 15 is 0 Å². The smallest absolute Gasteiger partial charge is 0.417 e. The van der Waals surface area contributed by atoms with Gasteiger partial charge in [-0.2, -0.15) is 13.2 Å². The van der Waals surface area contributed by atoms with E-state index in [1.165, 1.54) is 6.07 Å². The van der Waals surface area contributed by atoms with E-state index in [-0.39, 0.29) is 48.8 Å². The molecule has 0 saturated carbocycles. The summed E-state index contributed by atoms with van der Waals surface area (Å²) >= 11 is 0. The van der Waals surface area contributed by atoms with E-state index in [0.29, 0.717) is 6.07 Å². The Balaban J connectivity index is 2.17. The number of nitrogens with two attached hydrogens (primary N) is 2. The number of fused-ring (bicyclic) bond motifs is 1. The molecule has 1 aromatic carbocycles. The van der Waals surface area contributed by atoms with Crippen LogP contribution in [-0.2, 0) is 25.3 Å². The van der Waals surface area contributed by atoms with Gasteiger partial charge in [0.2, 0.25) is 17.7 Å². The van der Waals surface area contributed by atoms with E-state index in [2.05, 4.69) is 26.3 Å². The number of aliphatic imine (C=N–C) groups is 1. The summed E-state index contributed by atoms with van der Waals surface area (Å²) in [5, 5.41) is 9.52. The van der Waals surface area contributed by atoms with Gasteiger partial charge in [0.1, 0.15) is 23.3 Å². The molecular weight excluding hydrogens is 615 g/mol. The number of hydrogen-bond acceptors (Lipinski definition) is 8. The fourth-order valence-corrected chi connectivity index (χ4v) is 4.17. The van der Waals surface area contributed by atoms with Crippen molar-refractivity contribution in [3.63, 3.8) is 0 Å². The average molecular weight is 656 g/mol. The van der Waals surface area contributed by atoms with Crippen molar-refractivity contribution in [1.82, 2.24) is 16.0 Å². The molecule has 17 heteroatoms. The summed E-state index contributed by atoms with van der Waals surface area (Å²) in [6, 6.07) is 1.40. The van der Waals surface area contributed by atoms with Crippen molar-refractivity contribution < 1.29 is 41.5 Å². The summed E-state index contributed by atoms with van der Waals surface area (Å²) < 4.78 is 50.3. The maximum absolute atomic E-state index is 13.4. The van der Waals surface area contributed by atoms with Gasteiger partial charge in [0, 0.05) is 29.8 Å². The van der Waals surface area contributed by atoms with Crippen LogP contribution in [0.1, 0.15) is 59.4 Å². The third-order valence-corrected chi connectivity index (χ3v) is 6.05. The van der Waals surface area contributed by atoms with Crippen LogP contribution in [-0.4, -0.2) is 60.5 Å². The Kier molecular flexibility index (Phi) is 12.9. The fourth-order valence-electron chi connectivity index (χ4n) is 4.17. The van der Waals surface area contributed by atoms with E-state index in [9.17, 15) is 37.1 Å². The zero-order valence-electron chi connectivity index (χ0n) is 26.2. The Labute approximate surface area is 262 Å². The first kappa shape index (κ1) is 37.4. The molecule has 0 radical (unpaired) electrons. The molecule has 14 nitrogen and oxygen atoms in total. The number of halogens is 3. The molecule has 0 saturated heterocycles. The molecule has 2 rings (SSSR count). The fraction of sp³-hybridized carbons (Fsp3) is 0.517. The molecule has 2 unspecified atom stereocenters. The Bertz CT molecular complexity index is 1500. The summed E-state index contributed by atoms with van der Waals surface area (Å²) in [5.41, 5.74) is 7.01. The molecule has 46 heavy (non-hydrogen) atoms. The Morgan fingerprint density at radius 1 is 1.00 bits per heavy atom. The van der Waals surface area contributed by atoms with Crippen LogP contribution in [0.3, 0.4) is 0 Å². The summed E-state index contributed by atoms with van der Waals surface area (Å²) in [6.07, 6.45) is -5.11. The predicted molar refractivity (Wildman–Crippen MR) is 164 cm³/mol. The van der Waals surface area contributed by atoms with Gasteiger partial charge in [-0.15, -0.1) is 0 Å². The SMILES string of the molecule is CC(C)CC(NC(=O)OC(C)(C)C)C(=O)NCC(=O)NC(CCCN=C(N)N)C(=O)Nc1ccc2c(C(F)(F)F)cc(=O)oc2c1. The van der Waals surface area contributed by atoms with E-state index in [1.54, 1.807) is 20.8 Å². The van der Waals surface area contributed by atoms with Gasteiger partial charge in [-0.1, -0.05) is 13.8 Å². The highest BCUT2D eigenvalue weighted by Gasteiger charge is 2.34. The number of amides is 4. The monoisotopic (exact) mass is 655 g/mol. The molecule has 8 N–H and O–H groups in total. The molecule has 1 aromatic heterocycles. The molecule has 2 atom stereocenters. The molecule has 4 amide bonds. The number of rotatable bonds is 13. The van der Waals surface area contributed by atoms with Crippen molar-refractivity contribution in [1.29, 1.82) is 0 Å². The minimum Gasteiger partial charge on any atom is -0.444 e. The van der Waals surface area contributed by atoms with Gasteiger partial charge >= 0.3 is 17.9 Å². The second-order valence-electron chi connectivity index (χ2n) is 11.8. The van der Waals surface area contributed by atoms with Crippen LogP contribution in [0.15, 0.2) is 38.5 Å². The van der Waals surface area contributed by atoms with E-state index in [0.717, 1.165) is 12.1 Å². The largest absolute Gasteiger partial charge is 0.444 e. The molecule has 0 fully saturated rings. The maximum Gasteiger partial charge on any atom is 0.417 e. The lowest BCUT2D eigenvalue weighted by molar-refractivity contribution is -0.136. The van der Waals surface area contributed by atoms with Gasteiger partial charge in [-0.05, 0) is 58.1 Å². The first-order valence-electron chi connectivity index (χ1n) is 14.3. The quantitative estimate of drug-likeness (QED) is 0.0806. The number of carbonyl (C=O) groups is 4. The number of hydrogen-bond donors (Lipinski definition) is 6. The number of nitrogens with zero attached hydrogens (tertiary/aromatic N) is 1. The first-order valence-corrected chi connectivity index (χ1v) is 14.3. The van der Waals surface area contributed by atoms with Gasteiger partial charge in [-0.3, -0.25) is 19.4 Å². The minimum atomic E-state index is -4.82. The van der Waals surface area contributed by atoms with Crippen molar-refractivity contribution in [2.45, 2.75) is 77.7 Å². The first-order chi connectivity index (χ1) is 21.2. The lowest BCUT2D eigenvalue weighted by atomic mass is 10.0. The van der Waals surface area contributed by atoms with E-state index in [4.69, 9.17) is 20.6 Å². The van der Waals surface area contributed by atoms with Gasteiger partial charge in [0.25, 0.3) is 0 Å². The van der Waals surface area contributed by atoms with Crippen molar-refractivity contribution in [3.8, 4) is 0 Å². The van der Waals surface area contributed by atoms with Gasteiger partial charge < -0.3 is 41.9 Å². The minimum absolute atomic E-state index is 0.000920. The van der Waals surface area contributed by atoms with Crippen molar-refractivity contribution >= 4 is 46.4 Å². The molecule has 0 aliphatic heterocycles. The zero-order chi connectivity index (χ0) is 34.8. The van der Waals surface area contributed by atoms with Crippen molar-refractivity contribution in [3.05, 3.63) is 40.2 Å². The Morgan fingerprint density at radius 2 is 1.67 bits per heavy atom. The number of carbonyl (C=O) groups excluding carboxylic acids is 4. The molecule has 1 heterocycles. The summed E-state index contributed by atoms with van der Waals surface area (Å²) in [6.45, 7) is 8.25. The third kappa shape index (κ3) is 12.6. The van der Waals surface area contributed by atoms with Crippen LogP contribution in [0.25, 0.3) is 11.0 Å². The van der Waals surface area contributed by atoms with Crippen LogP contribution >= 0.6 is 0 Å². The number of ether oxygens (including phenoxy) is 1. The second kappa shape index (κ2) is 15.9. The highest BCUT2D eigenvalue weighted by atomic mass is 19.4. The summed E-state index contributed by atoms with van der Waals surface area (Å²) in [7, 11) is 0. The van der Waals surface area contributed by atoms with Gasteiger partial charge in [0.15, 0.2) is 5.96 Å². The molecule has 0 bridgehead atoms. The lowest BCUT2D eigenvalue weighted by Crippen LogP contribution is -2.52. The second-order valence-corrected chi connectivity index (χ2v) is 11.8. The number of alkyl halides is 3. The summed E-state index contributed by atoms with van der Waals surface area (Å²) in [5.74, 6) is -2.35. The number of guanidine groups is 1. The zero-order valence-corrected chi connectivity index (χ0v) is 26.2. The third-order valence-electron chi connectivity index (χ3n) is 6.05. The molecule has 254 valence electrons. The molecule has 0 spiro atoms. The van der Waals surface area contributed by atoms with Gasteiger partial charge in [-0.25, -0.2) is 9.59 Å². The molecule has 0 aliphatic rings. The molecular formula is C29H40F3N7O7. The Hall–Kier alpha value is -4.83.